The van der Waals surface area contributed by atoms with Crippen LogP contribution in [-0.4, -0.2) is 67.7 Å². The average molecular weight is 344 g/mol. The summed E-state index contributed by atoms with van der Waals surface area (Å²) in [6, 6.07) is 1.91. The number of likely N-dealkylation sites (N-methyl/N-ethyl adjacent to an activating group) is 1. The molecule has 1 saturated heterocycles. The molecule has 1 aliphatic heterocycles. The summed E-state index contributed by atoms with van der Waals surface area (Å²) in [5, 5.41) is 10.9. The SMILES string of the molecule is Cc1cc(N2CC[C@](O)(CN(C)C(=O)CCn3ccnc3)C2)ncn1. The first kappa shape index (κ1) is 17.3. The van der Waals surface area contributed by atoms with E-state index in [1.807, 2.05) is 28.7 Å². The molecule has 1 N–H and O–H groups in total. The van der Waals surface area contributed by atoms with Gasteiger partial charge in [0.1, 0.15) is 17.7 Å². The molecule has 0 saturated carbocycles. The Hall–Kier alpha value is -2.48. The van der Waals surface area contributed by atoms with Crippen LogP contribution in [0.5, 0.6) is 0 Å². The summed E-state index contributed by atoms with van der Waals surface area (Å²) in [7, 11) is 1.74. The molecule has 8 nitrogen and oxygen atoms in total. The van der Waals surface area contributed by atoms with E-state index >= 15 is 0 Å². The standard InChI is InChI=1S/C17H24N6O2/c1-14-9-15(20-12-19-14)23-7-4-17(25,11-23)10-21(2)16(24)3-6-22-8-5-18-13-22/h5,8-9,12-13,25H,3-4,6-7,10-11H2,1-2H3/t17-/m0/s1. The third-order valence-corrected chi connectivity index (χ3v) is 4.55. The van der Waals surface area contributed by atoms with Crippen molar-refractivity contribution in [3.05, 3.63) is 36.8 Å². The molecule has 3 rings (SSSR count). The van der Waals surface area contributed by atoms with Crippen LogP contribution in [0, 0.1) is 6.92 Å². The number of carbonyl (C=O) groups excluding carboxylic acids is 1. The van der Waals surface area contributed by atoms with Crippen LogP contribution < -0.4 is 4.90 Å². The van der Waals surface area contributed by atoms with Gasteiger partial charge in [0, 0.05) is 57.3 Å². The van der Waals surface area contributed by atoms with E-state index in [1.54, 1.807) is 24.5 Å². The molecule has 0 aliphatic carbocycles. The van der Waals surface area contributed by atoms with Crippen LogP contribution in [-0.2, 0) is 11.3 Å². The lowest BCUT2D eigenvalue weighted by Crippen LogP contribution is -2.46. The third kappa shape index (κ3) is 4.33. The Morgan fingerprint density at radius 2 is 2.28 bits per heavy atom. The van der Waals surface area contributed by atoms with Crippen molar-refractivity contribution in [1.29, 1.82) is 0 Å². The van der Waals surface area contributed by atoms with E-state index in [9.17, 15) is 9.90 Å². The van der Waals surface area contributed by atoms with Crippen LogP contribution in [0.3, 0.4) is 0 Å². The van der Waals surface area contributed by atoms with Gasteiger partial charge in [0.05, 0.1) is 12.9 Å². The number of hydrogen-bond donors (Lipinski definition) is 1. The van der Waals surface area contributed by atoms with Crippen LogP contribution in [0.4, 0.5) is 5.82 Å². The minimum absolute atomic E-state index is 0.0125. The molecule has 0 aromatic carbocycles. The number of rotatable bonds is 6. The lowest BCUT2D eigenvalue weighted by molar-refractivity contribution is -0.133. The largest absolute Gasteiger partial charge is 0.386 e. The highest BCUT2D eigenvalue weighted by molar-refractivity contribution is 5.75. The van der Waals surface area contributed by atoms with E-state index < -0.39 is 5.60 Å². The van der Waals surface area contributed by atoms with Crippen LogP contribution in [0.2, 0.25) is 0 Å². The van der Waals surface area contributed by atoms with Crippen LogP contribution >= 0.6 is 0 Å². The highest BCUT2D eigenvalue weighted by Gasteiger charge is 2.38. The topological polar surface area (TPSA) is 87.4 Å². The molecule has 2 aromatic rings. The fraction of sp³-hybridized carbons (Fsp3) is 0.529. The second kappa shape index (κ2) is 7.18. The maximum Gasteiger partial charge on any atom is 0.224 e. The summed E-state index contributed by atoms with van der Waals surface area (Å²) < 4.78 is 1.87. The van der Waals surface area contributed by atoms with Crippen LogP contribution in [0.25, 0.3) is 0 Å². The zero-order chi connectivity index (χ0) is 17.9. The molecule has 1 atom stereocenters. The number of amides is 1. The lowest BCUT2D eigenvalue weighted by Gasteiger charge is -2.29. The van der Waals surface area contributed by atoms with Crippen molar-refractivity contribution in [1.82, 2.24) is 24.4 Å². The maximum atomic E-state index is 12.3. The number of carbonyl (C=O) groups is 1. The molecule has 134 valence electrons. The van der Waals surface area contributed by atoms with Gasteiger partial charge in [-0.3, -0.25) is 4.79 Å². The molecule has 8 heteroatoms. The number of aryl methyl sites for hydroxylation is 2. The number of hydrogen-bond acceptors (Lipinski definition) is 6. The zero-order valence-electron chi connectivity index (χ0n) is 14.7. The number of aliphatic hydroxyl groups is 1. The molecule has 0 bridgehead atoms. The Morgan fingerprint density at radius 1 is 1.44 bits per heavy atom. The predicted octanol–water partition coefficient (Wildman–Crippen LogP) is 0.471. The number of nitrogens with zero attached hydrogens (tertiary/aromatic N) is 6. The van der Waals surface area contributed by atoms with Crippen molar-refractivity contribution in [2.24, 2.45) is 0 Å². The molecule has 0 unspecified atom stereocenters. The summed E-state index contributed by atoms with van der Waals surface area (Å²) >= 11 is 0. The Bertz CT molecular complexity index is 720. The number of imidazole rings is 1. The predicted molar refractivity (Wildman–Crippen MR) is 93.0 cm³/mol. The van der Waals surface area contributed by atoms with Crippen molar-refractivity contribution in [2.75, 3.05) is 31.6 Å². The van der Waals surface area contributed by atoms with Crippen LogP contribution in [0.15, 0.2) is 31.1 Å². The fourth-order valence-electron chi connectivity index (χ4n) is 3.16. The van der Waals surface area contributed by atoms with Crippen molar-refractivity contribution >= 4 is 11.7 Å². The fourth-order valence-corrected chi connectivity index (χ4v) is 3.16. The minimum Gasteiger partial charge on any atom is -0.386 e. The Morgan fingerprint density at radius 3 is 3.00 bits per heavy atom. The lowest BCUT2D eigenvalue weighted by atomic mass is 10.0. The molecule has 1 fully saturated rings. The molecule has 25 heavy (non-hydrogen) atoms. The van der Waals surface area contributed by atoms with E-state index in [2.05, 4.69) is 15.0 Å². The van der Waals surface area contributed by atoms with Gasteiger partial charge >= 0.3 is 0 Å². The van der Waals surface area contributed by atoms with Gasteiger partial charge in [0.2, 0.25) is 5.91 Å². The van der Waals surface area contributed by atoms with E-state index in [0.29, 0.717) is 39.0 Å². The zero-order valence-corrected chi connectivity index (χ0v) is 14.7. The van der Waals surface area contributed by atoms with Gasteiger partial charge in [-0.2, -0.15) is 0 Å². The molecular formula is C17H24N6O2. The van der Waals surface area contributed by atoms with E-state index in [1.165, 1.54) is 6.33 Å². The molecule has 0 radical (unpaired) electrons. The van der Waals surface area contributed by atoms with E-state index in [4.69, 9.17) is 0 Å². The van der Waals surface area contributed by atoms with Gasteiger partial charge in [0.25, 0.3) is 0 Å². The number of β-amino-alcohol motifs (C(OH)–C–C–N with tert-alkyl or cyclic N) is 1. The van der Waals surface area contributed by atoms with Crippen molar-refractivity contribution in [3.63, 3.8) is 0 Å². The molecule has 1 amide bonds. The monoisotopic (exact) mass is 344 g/mol. The number of aromatic nitrogens is 4. The first-order chi connectivity index (χ1) is 12.0. The average Bonchev–Trinajstić information content (AvgIpc) is 3.22. The van der Waals surface area contributed by atoms with Gasteiger partial charge in [-0.25, -0.2) is 15.0 Å². The first-order valence-electron chi connectivity index (χ1n) is 8.41. The molecule has 3 heterocycles. The van der Waals surface area contributed by atoms with Crippen molar-refractivity contribution < 1.29 is 9.90 Å². The minimum atomic E-state index is -0.918. The van der Waals surface area contributed by atoms with Gasteiger partial charge in [-0.15, -0.1) is 0 Å². The summed E-state index contributed by atoms with van der Waals surface area (Å²) in [5.74, 6) is 0.830. The summed E-state index contributed by atoms with van der Waals surface area (Å²) in [6.07, 6.45) is 7.75. The highest BCUT2D eigenvalue weighted by Crippen LogP contribution is 2.26. The maximum absolute atomic E-state index is 12.3. The summed E-state index contributed by atoms with van der Waals surface area (Å²) in [5.41, 5.74) is -0.0228. The summed E-state index contributed by atoms with van der Waals surface area (Å²) in [4.78, 5) is 28.3. The second-order valence-corrected chi connectivity index (χ2v) is 6.71. The van der Waals surface area contributed by atoms with Crippen molar-refractivity contribution in [3.8, 4) is 0 Å². The Kier molecular flexibility index (Phi) is 4.98. The molecule has 1 aliphatic rings. The van der Waals surface area contributed by atoms with E-state index in [-0.39, 0.29) is 5.91 Å². The van der Waals surface area contributed by atoms with Gasteiger partial charge in [0.15, 0.2) is 0 Å². The van der Waals surface area contributed by atoms with E-state index in [0.717, 1.165) is 11.5 Å². The first-order valence-corrected chi connectivity index (χ1v) is 8.41. The Balaban J connectivity index is 1.53. The van der Waals surface area contributed by atoms with Crippen molar-refractivity contribution in [2.45, 2.75) is 31.9 Å². The third-order valence-electron chi connectivity index (χ3n) is 4.55. The van der Waals surface area contributed by atoms with Gasteiger partial charge in [-0.05, 0) is 13.3 Å². The smallest absolute Gasteiger partial charge is 0.224 e. The second-order valence-electron chi connectivity index (χ2n) is 6.71. The quantitative estimate of drug-likeness (QED) is 0.820. The van der Waals surface area contributed by atoms with Crippen LogP contribution in [0.1, 0.15) is 18.5 Å². The van der Waals surface area contributed by atoms with Gasteiger partial charge in [-0.1, -0.05) is 0 Å². The molecule has 0 spiro atoms. The molecular weight excluding hydrogens is 320 g/mol. The Labute approximate surface area is 147 Å². The van der Waals surface area contributed by atoms with Gasteiger partial charge < -0.3 is 19.5 Å². The summed E-state index contributed by atoms with van der Waals surface area (Å²) in [6.45, 7) is 4.00. The normalized spacial score (nSPS) is 20.0. The highest BCUT2D eigenvalue weighted by atomic mass is 16.3. The number of anilines is 1. The molecule has 2 aromatic heterocycles.